The first-order chi connectivity index (χ1) is 9.54. The molecule has 2 nitrogen and oxygen atoms in total. The second-order valence-electron chi connectivity index (χ2n) is 5.49. The zero-order chi connectivity index (χ0) is 14.5. The molecule has 1 heterocycles. The van der Waals surface area contributed by atoms with Gasteiger partial charge in [0.15, 0.2) is 4.34 Å². The minimum absolute atomic E-state index is 0.678. The van der Waals surface area contributed by atoms with E-state index in [2.05, 4.69) is 54.7 Å². The van der Waals surface area contributed by atoms with Crippen molar-refractivity contribution >= 4 is 23.1 Å². The summed E-state index contributed by atoms with van der Waals surface area (Å²) in [6.45, 7) is 10.6. The van der Waals surface area contributed by atoms with Crippen molar-refractivity contribution in [2.24, 2.45) is 5.92 Å². The number of benzene rings is 1. The van der Waals surface area contributed by atoms with Crippen LogP contribution in [0, 0.1) is 19.8 Å². The zero-order valence-corrected chi connectivity index (χ0v) is 14.2. The highest BCUT2D eigenvalue weighted by Gasteiger charge is 2.08. The van der Waals surface area contributed by atoms with E-state index in [1.54, 1.807) is 23.1 Å². The lowest BCUT2D eigenvalue weighted by Crippen LogP contribution is -2.19. The molecule has 1 aromatic heterocycles. The molecule has 0 radical (unpaired) electrons. The summed E-state index contributed by atoms with van der Waals surface area (Å²) in [4.78, 5) is 5.85. The normalized spacial score (nSPS) is 11.2. The summed E-state index contributed by atoms with van der Waals surface area (Å²) in [6, 6.07) is 6.66. The molecule has 108 valence electrons. The molecule has 2 aromatic rings. The Morgan fingerprint density at radius 2 is 2.10 bits per heavy atom. The van der Waals surface area contributed by atoms with Crippen LogP contribution in [0.4, 0.5) is 0 Å². The minimum atomic E-state index is 0.678. The van der Waals surface area contributed by atoms with E-state index in [4.69, 9.17) is 0 Å². The first kappa shape index (κ1) is 15.5. The number of nitrogens with one attached hydrogen (secondary N) is 1. The average molecular weight is 307 g/mol. The number of nitrogens with zero attached hydrogens (tertiary/aromatic N) is 1. The van der Waals surface area contributed by atoms with Crippen molar-refractivity contribution in [1.29, 1.82) is 0 Å². The van der Waals surface area contributed by atoms with Gasteiger partial charge in [0.25, 0.3) is 0 Å². The van der Waals surface area contributed by atoms with Gasteiger partial charge in [-0.2, -0.15) is 0 Å². The summed E-state index contributed by atoms with van der Waals surface area (Å²) in [7, 11) is 0. The summed E-state index contributed by atoms with van der Waals surface area (Å²) >= 11 is 3.49. The van der Waals surface area contributed by atoms with Crippen LogP contribution in [0.1, 0.15) is 30.7 Å². The Bertz CT molecular complexity index is 561. The Hall–Kier alpha value is -0.840. The van der Waals surface area contributed by atoms with Crippen molar-refractivity contribution in [2.75, 3.05) is 6.54 Å². The van der Waals surface area contributed by atoms with Gasteiger partial charge in [0, 0.05) is 22.5 Å². The molecule has 0 saturated carbocycles. The van der Waals surface area contributed by atoms with Crippen LogP contribution >= 0.6 is 23.1 Å². The predicted molar refractivity (Wildman–Crippen MR) is 88.7 cm³/mol. The van der Waals surface area contributed by atoms with Crippen LogP contribution in [0.2, 0.25) is 0 Å². The van der Waals surface area contributed by atoms with E-state index in [-0.39, 0.29) is 0 Å². The van der Waals surface area contributed by atoms with Crippen LogP contribution in [0.25, 0.3) is 0 Å². The van der Waals surface area contributed by atoms with Gasteiger partial charge in [0.1, 0.15) is 0 Å². The lowest BCUT2D eigenvalue weighted by molar-refractivity contribution is 0.550. The van der Waals surface area contributed by atoms with Crippen molar-refractivity contribution in [3.05, 3.63) is 40.4 Å². The molecule has 0 unspecified atom stereocenters. The molecule has 0 aliphatic heterocycles. The molecule has 0 aliphatic carbocycles. The molecule has 4 heteroatoms. The van der Waals surface area contributed by atoms with E-state index in [0.29, 0.717) is 5.92 Å². The molecule has 20 heavy (non-hydrogen) atoms. The summed E-state index contributed by atoms with van der Waals surface area (Å²) in [6.07, 6.45) is 0. The van der Waals surface area contributed by atoms with Gasteiger partial charge in [-0.3, -0.25) is 0 Å². The van der Waals surface area contributed by atoms with Gasteiger partial charge in [-0.1, -0.05) is 43.3 Å². The highest BCUT2D eigenvalue weighted by molar-refractivity contribution is 8.01. The van der Waals surface area contributed by atoms with Gasteiger partial charge in [-0.15, -0.1) is 11.3 Å². The van der Waals surface area contributed by atoms with E-state index >= 15 is 0 Å². The maximum Gasteiger partial charge on any atom is 0.154 e. The van der Waals surface area contributed by atoms with Gasteiger partial charge < -0.3 is 5.32 Å². The smallest absolute Gasteiger partial charge is 0.154 e. The molecule has 0 spiro atoms. The van der Waals surface area contributed by atoms with E-state index < -0.39 is 0 Å². The SMILES string of the molecule is Cc1ccc(Sc2nc(C)cs2)c(CNCC(C)C)c1. The Labute approximate surface area is 130 Å². The van der Waals surface area contributed by atoms with Crippen LogP contribution in [0.5, 0.6) is 0 Å². The predicted octanol–water partition coefficient (Wildman–Crippen LogP) is 4.66. The standard InChI is InChI=1S/C16H22N2S2/c1-11(2)8-17-9-14-7-12(3)5-6-15(14)20-16-18-13(4)10-19-16/h5-7,10-11,17H,8-9H2,1-4H3. The summed E-state index contributed by atoms with van der Waals surface area (Å²) in [5, 5.41) is 5.63. The first-order valence-corrected chi connectivity index (χ1v) is 8.64. The Morgan fingerprint density at radius 1 is 1.30 bits per heavy atom. The summed E-state index contributed by atoms with van der Waals surface area (Å²) in [5.74, 6) is 0.678. The van der Waals surface area contributed by atoms with Gasteiger partial charge in [0.2, 0.25) is 0 Å². The number of hydrogen-bond acceptors (Lipinski definition) is 4. The average Bonchev–Trinajstić information content (AvgIpc) is 2.78. The van der Waals surface area contributed by atoms with Crippen LogP contribution in [-0.2, 0) is 6.54 Å². The number of thiazole rings is 1. The van der Waals surface area contributed by atoms with Crippen LogP contribution in [-0.4, -0.2) is 11.5 Å². The second-order valence-corrected chi connectivity index (χ2v) is 7.64. The van der Waals surface area contributed by atoms with E-state index in [9.17, 15) is 0 Å². The van der Waals surface area contributed by atoms with Crippen LogP contribution in [0.15, 0.2) is 32.8 Å². The highest BCUT2D eigenvalue weighted by atomic mass is 32.2. The monoisotopic (exact) mass is 306 g/mol. The van der Waals surface area contributed by atoms with Crippen molar-refractivity contribution in [3.63, 3.8) is 0 Å². The fourth-order valence-electron chi connectivity index (χ4n) is 1.91. The van der Waals surface area contributed by atoms with Gasteiger partial charge in [-0.05, 0) is 37.9 Å². The van der Waals surface area contributed by atoms with E-state index in [1.165, 1.54) is 16.0 Å². The number of aromatic nitrogens is 1. The number of rotatable bonds is 6. The third kappa shape index (κ3) is 4.62. The third-order valence-electron chi connectivity index (χ3n) is 2.88. The molecule has 1 aromatic carbocycles. The van der Waals surface area contributed by atoms with Crippen molar-refractivity contribution < 1.29 is 0 Å². The van der Waals surface area contributed by atoms with Crippen molar-refractivity contribution in [1.82, 2.24) is 10.3 Å². The molecule has 1 N–H and O–H groups in total. The molecule has 0 saturated heterocycles. The Balaban J connectivity index is 2.10. The topological polar surface area (TPSA) is 24.9 Å². The van der Waals surface area contributed by atoms with Crippen molar-refractivity contribution in [2.45, 2.75) is 43.5 Å². The highest BCUT2D eigenvalue weighted by Crippen LogP contribution is 2.33. The lowest BCUT2D eigenvalue weighted by atomic mass is 10.1. The molecule has 0 bridgehead atoms. The molecular weight excluding hydrogens is 284 g/mol. The van der Waals surface area contributed by atoms with Gasteiger partial charge in [0.05, 0.1) is 0 Å². The fraction of sp³-hybridized carbons (Fsp3) is 0.438. The maximum absolute atomic E-state index is 4.54. The molecule has 0 fully saturated rings. The van der Waals surface area contributed by atoms with Gasteiger partial charge >= 0.3 is 0 Å². The van der Waals surface area contributed by atoms with E-state index in [1.807, 2.05) is 6.92 Å². The number of aryl methyl sites for hydroxylation is 2. The quantitative estimate of drug-likeness (QED) is 0.840. The van der Waals surface area contributed by atoms with Crippen LogP contribution < -0.4 is 5.32 Å². The molecule has 0 aliphatic rings. The van der Waals surface area contributed by atoms with Crippen LogP contribution in [0.3, 0.4) is 0 Å². The first-order valence-electron chi connectivity index (χ1n) is 6.95. The largest absolute Gasteiger partial charge is 0.312 e. The molecule has 0 atom stereocenters. The molecular formula is C16H22N2S2. The van der Waals surface area contributed by atoms with Gasteiger partial charge in [-0.25, -0.2) is 4.98 Å². The summed E-state index contributed by atoms with van der Waals surface area (Å²) in [5.41, 5.74) is 3.78. The third-order valence-corrected chi connectivity index (χ3v) is 5.05. The molecule has 0 amide bonds. The Kier molecular flexibility index (Phi) is 5.64. The second kappa shape index (κ2) is 7.25. The maximum atomic E-state index is 4.54. The summed E-state index contributed by atoms with van der Waals surface area (Å²) < 4.78 is 1.12. The zero-order valence-electron chi connectivity index (χ0n) is 12.6. The minimum Gasteiger partial charge on any atom is -0.312 e. The van der Waals surface area contributed by atoms with Crippen molar-refractivity contribution in [3.8, 4) is 0 Å². The molecule has 2 rings (SSSR count). The fourth-order valence-corrected chi connectivity index (χ4v) is 3.82. The Morgan fingerprint density at radius 3 is 2.75 bits per heavy atom. The van der Waals surface area contributed by atoms with E-state index in [0.717, 1.165) is 23.1 Å². The lowest BCUT2D eigenvalue weighted by Gasteiger charge is -2.12. The number of hydrogen-bond donors (Lipinski definition) is 1.